The highest BCUT2D eigenvalue weighted by Gasteiger charge is 2.30. The number of piperazine rings is 1. The van der Waals surface area contributed by atoms with Crippen molar-refractivity contribution in [2.75, 3.05) is 33.3 Å². The third kappa shape index (κ3) is 4.28. The van der Waals surface area contributed by atoms with Crippen LogP contribution in [0.2, 0.25) is 5.02 Å². The Bertz CT molecular complexity index is 981. The molecule has 158 valence electrons. The zero-order chi connectivity index (χ0) is 21.3. The van der Waals surface area contributed by atoms with Crippen molar-refractivity contribution in [3.8, 4) is 11.5 Å². The van der Waals surface area contributed by atoms with Gasteiger partial charge in [-0.2, -0.15) is 0 Å². The molecule has 0 aliphatic carbocycles. The summed E-state index contributed by atoms with van der Waals surface area (Å²) in [5.74, 6) is 1.23. The Hall–Kier alpha value is -2.61. The quantitative estimate of drug-likeness (QED) is 0.800. The van der Waals surface area contributed by atoms with Gasteiger partial charge in [-0.1, -0.05) is 23.7 Å². The number of fused-ring (bicyclic) bond motifs is 2. The number of ether oxygens (including phenoxy) is 2. The number of hydrogen-bond donors (Lipinski definition) is 1. The van der Waals surface area contributed by atoms with Crippen LogP contribution < -0.4 is 4.74 Å². The summed E-state index contributed by atoms with van der Waals surface area (Å²) in [5, 5.41) is 9.71. The number of carboxylic acid groups (broad SMARTS) is 1. The van der Waals surface area contributed by atoms with Crippen molar-refractivity contribution in [3.05, 3.63) is 53.1 Å². The minimum atomic E-state index is -0.962. The average molecular weight is 430 g/mol. The lowest BCUT2D eigenvalue weighted by atomic mass is 10.1. The molecular weight excluding hydrogens is 406 g/mol. The zero-order valence-electron chi connectivity index (χ0n) is 16.9. The van der Waals surface area contributed by atoms with Crippen molar-refractivity contribution in [3.63, 3.8) is 0 Å². The highest BCUT2D eigenvalue weighted by Crippen LogP contribution is 2.39. The van der Waals surface area contributed by atoms with E-state index in [1.165, 1.54) is 0 Å². The number of aliphatic imine (C=N–C) groups is 1. The van der Waals surface area contributed by atoms with Crippen LogP contribution in [-0.4, -0.2) is 72.1 Å². The average Bonchev–Trinajstić information content (AvgIpc) is 2.89. The molecule has 0 amide bonds. The van der Waals surface area contributed by atoms with Crippen LogP contribution in [0.25, 0.3) is 0 Å². The van der Waals surface area contributed by atoms with Crippen molar-refractivity contribution in [2.24, 2.45) is 4.99 Å². The molecule has 8 heteroatoms. The fraction of sp³-hybridized carbons (Fsp3) is 0.364. The summed E-state index contributed by atoms with van der Waals surface area (Å²) >= 11 is 6.30. The Morgan fingerprint density at radius 3 is 2.90 bits per heavy atom. The molecule has 0 saturated carbocycles. The third-order valence-electron chi connectivity index (χ3n) is 5.46. The number of rotatable bonds is 4. The summed E-state index contributed by atoms with van der Waals surface area (Å²) in [6.07, 6.45) is -0.844. The number of halogens is 1. The second-order valence-electron chi connectivity index (χ2n) is 7.54. The Morgan fingerprint density at radius 1 is 1.30 bits per heavy atom. The van der Waals surface area contributed by atoms with E-state index in [1.54, 1.807) is 13.0 Å². The summed E-state index contributed by atoms with van der Waals surface area (Å²) in [5.41, 5.74) is 1.59. The van der Waals surface area contributed by atoms with Crippen molar-refractivity contribution in [1.82, 2.24) is 9.80 Å². The fourth-order valence-corrected chi connectivity index (χ4v) is 3.75. The maximum atomic E-state index is 11.1. The van der Waals surface area contributed by atoms with Gasteiger partial charge in [0.25, 0.3) is 0 Å². The molecule has 0 aromatic heterocycles. The van der Waals surface area contributed by atoms with Crippen molar-refractivity contribution in [2.45, 2.75) is 19.1 Å². The Morgan fingerprint density at radius 2 is 2.10 bits per heavy atom. The first-order chi connectivity index (χ1) is 14.4. The topological polar surface area (TPSA) is 74.6 Å². The predicted octanol–water partition coefficient (Wildman–Crippen LogP) is 3.63. The number of carbonyl (C=O) groups is 1. The van der Waals surface area contributed by atoms with Crippen molar-refractivity contribution < 1.29 is 19.4 Å². The number of benzene rings is 2. The van der Waals surface area contributed by atoms with Crippen LogP contribution in [0.1, 0.15) is 12.5 Å². The van der Waals surface area contributed by atoms with E-state index in [0.717, 1.165) is 30.2 Å². The van der Waals surface area contributed by atoms with E-state index in [0.29, 0.717) is 29.7 Å². The van der Waals surface area contributed by atoms with Gasteiger partial charge in [-0.05, 0) is 44.3 Å². The highest BCUT2D eigenvalue weighted by atomic mass is 35.5. The van der Waals surface area contributed by atoms with Gasteiger partial charge in [0.05, 0.1) is 18.2 Å². The van der Waals surface area contributed by atoms with Crippen molar-refractivity contribution >= 4 is 29.1 Å². The van der Waals surface area contributed by atoms with E-state index in [1.807, 2.05) is 43.4 Å². The maximum absolute atomic E-state index is 11.1. The molecule has 1 N–H and O–H groups in total. The van der Waals surface area contributed by atoms with E-state index >= 15 is 0 Å². The Labute approximate surface area is 180 Å². The summed E-state index contributed by atoms with van der Waals surface area (Å²) < 4.78 is 11.7. The first-order valence-corrected chi connectivity index (χ1v) is 10.3. The zero-order valence-corrected chi connectivity index (χ0v) is 17.7. The van der Waals surface area contributed by atoms with E-state index in [2.05, 4.69) is 9.80 Å². The minimum absolute atomic E-state index is 0.0327. The molecule has 1 fully saturated rings. The van der Waals surface area contributed by atoms with Crippen LogP contribution in [0.15, 0.2) is 47.5 Å². The Balaban J connectivity index is 1.65. The molecule has 2 aliphatic rings. The van der Waals surface area contributed by atoms with Gasteiger partial charge in [-0.3, -0.25) is 4.90 Å². The van der Waals surface area contributed by atoms with Gasteiger partial charge in [-0.15, -0.1) is 0 Å². The first-order valence-electron chi connectivity index (χ1n) is 9.87. The number of hydrogen-bond acceptors (Lipinski definition) is 6. The Kier molecular flexibility index (Phi) is 5.94. The summed E-state index contributed by atoms with van der Waals surface area (Å²) in [7, 11) is 2.02. The van der Waals surface area contributed by atoms with E-state index in [4.69, 9.17) is 31.2 Å². The summed E-state index contributed by atoms with van der Waals surface area (Å²) in [6, 6.07) is 13.2. The second kappa shape index (κ2) is 8.63. The largest absolute Gasteiger partial charge is 0.479 e. The molecule has 2 aromatic carbocycles. The number of likely N-dealkylation sites (N-methyl/N-ethyl adjacent to an activating group) is 1. The van der Waals surface area contributed by atoms with Gasteiger partial charge in [-0.25, -0.2) is 9.79 Å². The van der Waals surface area contributed by atoms with Gasteiger partial charge >= 0.3 is 5.97 Å². The molecule has 0 radical (unpaired) electrons. The van der Waals surface area contributed by atoms with E-state index in [-0.39, 0.29) is 6.04 Å². The van der Waals surface area contributed by atoms with Crippen LogP contribution in [0.4, 0.5) is 5.69 Å². The van der Waals surface area contributed by atoms with Crippen LogP contribution in [-0.2, 0) is 9.53 Å². The summed E-state index contributed by atoms with van der Waals surface area (Å²) in [6.45, 7) is 4.09. The minimum Gasteiger partial charge on any atom is -0.479 e. The molecule has 2 aliphatic heterocycles. The molecular formula is C22H24ClN3O4. The molecule has 2 unspecified atom stereocenters. The SMILES string of the molecule is CC(OCC1CN(C2=Nc3ccccc3Oc3ccc(Cl)cc32)CCN1C)C(=O)O. The molecule has 2 atom stereocenters. The second-order valence-corrected chi connectivity index (χ2v) is 7.98. The fourth-order valence-electron chi connectivity index (χ4n) is 3.58. The van der Waals surface area contributed by atoms with Gasteiger partial charge in [0, 0.05) is 24.7 Å². The smallest absolute Gasteiger partial charge is 0.332 e. The van der Waals surface area contributed by atoms with Gasteiger partial charge in [0.15, 0.2) is 11.9 Å². The molecule has 1 saturated heterocycles. The van der Waals surface area contributed by atoms with E-state index < -0.39 is 12.1 Å². The summed E-state index contributed by atoms with van der Waals surface area (Å²) in [4.78, 5) is 20.4. The van der Waals surface area contributed by atoms with Gasteiger partial charge < -0.3 is 19.5 Å². The van der Waals surface area contributed by atoms with Crippen LogP contribution in [0.5, 0.6) is 11.5 Å². The standard InChI is InChI=1S/C22H24ClN3O4/c1-14(22(27)28)29-13-16-12-26(10-9-25(16)2)21-17-11-15(23)7-8-19(17)30-20-6-4-3-5-18(20)24-21/h3-8,11,14,16H,9-10,12-13H2,1-2H3,(H,27,28). The molecule has 30 heavy (non-hydrogen) atoms. The van der Waals surface area contributed by atoms with E-state index in [9.17, 15) is 4.79 Å². The van der Waals surface area contributed by atoms with Crippen LogP contribution >= 0.6 is 11.6 Å². The lowest BCUT2D eigenvalue weighted by Crippen LogP contribution is -2.55. The molecule has 7 nitrogen and oxygen atoms in total. The van der Waals surface area contributed by atoms with Gasteiger partial charge in [0.1, 0.15) is 17.3 Å². The third-order valence-corrected chi connectivity index (χ3v) is 5.69. The van der Waals surface area contributed by atoms with Crippen LogP contribution in [0.3, 0.4) is 0 Å². The first kappa shape index (κ1) is 20.7. The number of aliphatic carboxylic acids is 1. The molecule has 0 spiro atoms. The van der Waals surface area contributed by atoms with Gasteiger partial charge in [0.2, 0.25) is 0 Å². The normalized spacial score (nSPS) is 19.8. The van der Waals surface area contributed by atoms with Crippen LogP contribution in [0, 0.1) is 0 Å². The number of para-hydroxylation sites is 2. The lowest BCUT2D eigenvalue weighted by Gasteiger charge is -2.41. The maximum Gasteiger partial charge on any atom is 0.332 e. The molecule has 2 heterocycles. The highest BCUT2D eigenvalue weighted by molar-refractivity contribution is 6.31. The monoisotopic (exact) mass is 429 g/mol. The lowest BCUT2D eigenvalue weighted by molar-refractivity contribution is -0.150. The molecule has 4 rings (SSSR count). The number of nitrogens with zero attached hydrogens (tertiary/aromatic N) is 3. The number of amidine groups is 1. The van der Waals surface area contributed by atoms with Crippen molar-refractivity contribution in [1.29, 1.82) is 0 Å². The molecule has 2 aromatic rings. The predicted molar refractivity (Wildman–Crippen MR) is 115 cm³/mol. The number of carboxylic acids is 1. The molecule has 0 bridgehead atoms.